The molecule has 21 heavy (non-hydrogen) atoms. The van der Waals surface area contributed by atoms with Gasteiger partial charge in [0.2, 0.25) is 5.91 Å². The summed E-state index contributed by atoms with van der Waals surface area (Å²) in [4.78, 5) is 33.0. The molecule has 2 amide bonds. The predicted molar refractivity (Wildman–Crippen MR) is 72.4 cm³/mol. The molecule has 4 N–H and O–H groups in total. The predicted octanol–water partition coefficient (Wildman–Crippen LogP) is 0.0240. The molecule has 0 radical (unpaired) electrons. The van der Waals surface area contributed by atoms with Crippen LogP contribution >= 0.6 is 0 Å². The molecule has 2 atom stereocenters. The lowest BCUT2D eigenvalue weighted by Gasteiger charge is -2.15. The molecule has 0 bridgehead atoms. The number of nitrogens with one attached hydrogen (secondary N) is 1. The van der Waals surface area contributed by atoms with Crippen LogP contribution < -0.4 is 11.1 Å². The minimum atomic E-state index is -1.16. The first-order valence-corrected chi connectivity index (χ1v) is 6.69. The van der Waals surface area contributed by atoms with Crippen molar-refractivity contribution in [3.63, 3.8) is 0 Å². The molecule has 1 fully saturated rings. The van der Waals surface area contributed by atoms with E-state index in [1.165, 1.54) is 6.08 Å². The van der Waals surface area contributed by atoms with Crippen LogP contribution in [0.1, 0.15) is 19.3 Å². The third-order valence-corrected chi connectivity index (χ3v) is 2.97. The lowest BCUT2D eigenvalue weighted by molar-refractivity contribution is -0.139. The first-order chi connectivity index (χ1) is 9.99. The highest BCUT2D eigenvalue weighted by atomic mass is 16.6. The van der Waals surface area contributed by atoms with Crippen LogP contribution in [0, 0.1) is 5.92 Å². The molecule has 0 spiro atoms. The molecule has 1 saturated heterocycles. The molecular formula is C13H20N2O6. The van der Waals surface area contributed by atoms with Gasteiger partial charge in [0, 0.05) is 12.5 Å². The molecule has 0 aromatic rings. The monoisotopic (exact) mass is 300 g/mol. The van der Waals surface area contributed by atoms with Crippen LogP contribution in [-0.4, -0.2) is 48.9 Å². The zero-order chi connectivity index (χ0) is 15.7. The summed E-state index contributed by atoms with van der Waals surface area (Å²) >= 11 is 0. The largest absolute Gasteiger partial charge is 0.480 e. The second-order valence-electron chi connectivity index (χ2n) is 4.75. The van der Waals surface area contributed by atoms with E-state index in [1.54, 1.807) is 0 Å². The Morgan fingerprint density at radius 3 is 2.81 bits per heavy atom. The molecule has 0 aliphatic carbocycles. The van der Waals surface area contributed by atoms with Gasteiger partial charge in [0.05, 0.1) is 13.2 Å². The van der Waals surface area contributed by atoms with Gasteiger partial charge in [-0.1, -0.05) is 6.08 Å². The number of aliphatic carboxylic acids is 1. The van der Waals surface area contributed by atoms with E-state index in [0.717, 1.165) is 12.5 Å². The molecule has 8 heteroatoms. The fourth-order valence-corrected chi connectivity index (χ4v) is 1.81. The van der Waals surface area contributed by atoms with Gasteiger partial charge in [-0.25, -0.2) is 9.59 Å². The van der Waals surface area contributed by atoms with Gasteiger partial charge < -0.3 is 25.6 Å². The summed E-state index contributed by atoms with van der Waals surface area (Å²) in [5, 5.41) is 11.3. The fraction of sp³-hybridized carbons (Fsp3) is 0.615. The number of hydrogen-bond acceptors (Lipinski definition) is 5. The highest BCUT2D eigenvalue weighted by Gasteiger charge is 2.22. The van der Waals surface area contributed by atoms with E-state index in [-0.39, 0.29) is 18.9 Å². The fourth-order valence-electron chi connectivity index (χ4n) is 1.81. The Morgan fingerprint density at radius 1 is 1.48 bits per heavy atom. The Hall–Kier alpha value is -2.09. The molecule has 118 valence electrons. The van der Waals surface area contributed by atoms with Gasteiger partial charge in [-0.05, 0) is 25.3 Å². The standard InChI is InChI=1S/C13H20N2O6/c14-11(16)4-2-1-3-10(12(17)18)15-13(19)21-8-9-5-6-20-7-9/h2,4,9-10H,1,3,5-8H2,(H2,14,16)(H,15,19)(H,17,18)/b4-2+/t9?,10-/m0/s1. The first kappa shape index (κ1) is 17.0. The molecule has 0 saturated carbocycles. The number of ether oxygens (including phenoxy) is 2. The Kier molecular flexibility index (Phi) is 7.24. The van der Waals surface area contributed by atoms with Crippen LogP contribution in [0.3, 0.4) is 0 Å². The minimum absolute atomic E-state index is 0.140. The van der Waals surface area contributed by atoms with E-state index in [2.05, 4.69) is 5.32 Å². The van der Waals surface area contributed by atoms with E-state index in [1.807, 2.05) is 0 Å². The van der Waals surface area contributed by atoms with Gasteiger partial charge >= 0.3 is 12.1 Å². The molecule has 1 unspecified atom stereocenters. The van der Waals surface area contributed by atoms with Crippen LogP contribution in [0.25, 0.3) is 0 Å². The highest BCUT2D eigenvalue weighted by molar-refractivity contribution is 5.85. The number of carboxylic acid groups (broad SMARTS) is 1. The lowest BCUT2D eigenvalue weighted by Crippen LogP contribution is -2.41. The number of nitrogens with two attached hydrogens (primary N) is 1. The zero-order valence-corrected chi connectivity index (χ0v) is 11.6. The van der Waals surface area contributed by atoms with Crippen molar-refractivity contribution >= 4 is 18.0 Å². The second-order valence-corrected chi connectivity index (χ2v) is 4.75. The molecule has 1 aliphatic heterocycles. The summed E-state index contributed by atoms with van der Waals surface area (Å²) in [7, 11) is 0. The zero-order valence-electron chi connectivity index (χ0n) is 11.6. The first-order valence-electron chi connectivity index (χ1n) is 6.69. The van der Waals surface area contributed by atoms with Crippen molar-refractivity contribution in [3.05, 3.63) is 12.2 Å². The number of alkyl carbamates (subject to hydrolysis) is 1. The van der Waals surface area contributed by atoms with Crippen molar-refractivity contribution in [1.82, 2.24) is 5.32 Å². The molecule has 0 aromatic carbocycles. The Morgan fingerprint density at radius 2 is 2.24 bits per heavy atom. The smallest absolute Gasteiger partial charge is 0.407 e. The van der Waals surface area contributed by atoms with E-state index in [4.69, 9.17) is 20.3 Å². The quantitative estimate of drug-likeness (QED) is 0.542. The summed E-state index contributed by atoms with van der Waals surface area (Å²) in [5.41, 5.74) is 4.91. The number of carbonyl (C=O) groups is 3. The number of rotatable bonds is 8. The average Bonchev–Trinajstić information content (AvgIpc) is 2.92. The summed E-state index contributed by atoms with van der Waals surface area (Å²) < 4.78 is 10.1. The summed E-state index contributed by atoms with van der Waals surface area (Å²) in [6.45, 7) is 1.41. The third kappa shape index (κ3) is 7.31. The van der Waals surface area contributed by atoms with Crippen LogP contribution in [0.4, 0.5) is 4.79 Å². The third-order valence-electron chi connectivity index (χ3n) is 2.97. The molecule has 0 aromatic heterocycles. The number of amides is 2. The van der Waals surface area contributed by atoms with Crippen LogP contribution in [0.2, 0.25) is 0 Å². The molecule has 1 heterocycles. The van der Waals surface area contributed by atoms with Gasteiger partial charge in [0.1, 0.15) is 6.04 Å². The highest BCUT2D eigenvalue weighted by Crippen LogP contribution is 2.12. The van der Waals surface area contributed by atoms with Gasteiger partial charge in [-0.2, -0.15) is 0 Å². The van der Waals surface area contributed by atoms with E-state index in [0.29, 0.717) is 19.6 Å². The van der Waals surface area contributed by atoms with Crippen LogP contribution in [0.15, 0.2) is 12.2 Å². The van der Waals surface area contributed by atoms with Crippen molar-refractivity contribution in [2.24, 2.45) is 11.7 Å². The maximum absolute atomic E-state index is 11.5. The van der Waals surface area contributed by atoms with Gasteiger partial charge in [-0.3, -0.25) is 4.79 Å². The number of carboxylic acids is 1. The van der Waals surface area contributed by atoms with E-state index < -0.39 is 24.0 Å². The maximum Gasteiger partial charge on any atom is 0.407 e. The Balaban J connectivity index is 2.29. The molecule has 8 nitrogen and oxygen atoms in total. The Bertz CT molecular complexity index is 403. The number of hydrogen-bond donors (Lipinski definition) is 3. The molecular weight excluding hydrogens is 280 g/mol. The number of primary amides is 1. The van der Waals surface area contributed by atoms with Crippen LogP contribution in [-0.2, 0) is 19.1 Å². The van der Waals surface area contributed by atoms with Crippen molar-refractivity contribution in [2.75, 3.05) is 19.8 Å². The van der Waals surface area contributed by atoms with Crippen molar-refractivity contribution < 1.29 is 29.0 Å². The van der Waals surface area contributed by atoms with E-state index >= 15 is 0 Å². The second kappa shape index (κ2) is 8.96. The maximum atomic E-state index is 11.5. The van der Waals surface area contributed by atoms with Gasteiger partial charge in [0.25, 0.3) is 0 Å². The molecule has 1 aliphatic rings. The van der Waals surface area contributed by atoms with Crippen molar-refractivity contribution in [2.45, 2.75) is 25.3 Å². The van der Waals surface area contributed by atoms with E-state index in [9.17, 15) is 14.4 Å². The van der Waals surface area contributed by atoms with Gasteiger partial charge in [-0.15, -0.1) is 0 Å². The molecule has 1 rings (SSSR count). The summed E-state index contributed by atoms with van der Waals surface area (Å²) in [6, 6.07) is -1.07. The van der Waals surface area contributed by atoms with Crippen molar-refractivity contribution in [1.29, 1.82) is 0 Å². The summed E-state index contributed by atoms with van der Waals surface area (Å²) in [5.74, 6) is -1.60. The number of carbonyl (C=O) groups excluding carboxylic acids is 2. The normalized spacial score (nSPS) is 19.3. The summed E-state index contributed by atoms with van der Waals surface area (Å²) in [6.07, 6.45) is 3.11. The topological polar surface area (TPSA) is 128 Å². The number of allylic oxidation sites excluding steroid dienone is 1. The average molecular weight is 300 g/mol. The van der Waals surface area contributed by atoms with Crippen LogP contribution in [0.5, 0.6) is 0 Å². The van der Waals surface area contributed by atoms with Crippen molar-refractivity contribution in [3.8, 4) is 0 Å². The Labute approximate surface area is 122 Å². The lowest BCUT2D eigenvalue weighted by atomic mass is 10.1. The minimum Gasteiger partial charge on any atom is -0.480 e. The van der Waals surface area contributed by atoms with Gasteiger partial charge in [0.15, 0.2) is 0 Å². The SMILES string of the molecule is NC(=O)/C=C/CC[C@H](NC(=O)OCC1CCOC1)C(=O)O.